The van der Waals surface area contributed by atoms with Crippen LogP contribution in [0.3, 0.4) is 0 Å². The molecule has 0 rings (SSSR count). The fourth-order valence-electron chi connectivity index (χ4n) is 1.38. The van der Waals surface area contributed by atoms with Crippen LogP contribution in [-0.2, 0) is 9.59 Å². The van der Waals surface area contributed by atoms with Gasteiger partial charge in [0, 0.05) is 7.05 Å². The average molecular weight is 257 g/mol. The first-order chi connectivity index (χ1) is 8.18. The lowest BCUT2D eigenvalue weighted by molar-refractivity contribution is -0.135. The second-order valence-corrected chi connectivity index (χ2v) is 5.40. The minimum Gasteiger partial charge on any atom is -0.357 e. The quantitative estimate of drug-likeness (QED) is 0.732. The molecule has 18 heavy (non-hydrogen) atoms. The number of carbonyl (C=O) groups excluding carboxylic acids is 2. The molecular formula is C13H27N3O2. The summed E-state index contributed by atoms with van der Waals surface area (Å²) in [7, 11) is 5.27. The summed E-state index contributed by atoms with van der Waals surface area (Å²) in [4.78, 5) is 25.9. The minimum atomic E-state index is -0.639. The van der Waals surface area contributed by atoms with Crippen molar-refractivity contribution >= 4 is 11.8 Å². The summed E-state index contributed by atoms with van der Waals surface area (Å²) in [6.45, 7) is 7.63. The van der Waals surface area contributed by atoms with Gasteiger partial charge >= 0.3 is 0 Å². The van der Waals surface area contributed by atoms with Gasteiger partial charge in [0.25, 0.3) is 0 Å². The normalized spacial score (nSPS) is 15.1. The third kappa shape index (κ3) is 3.98. The largest absolute Gasteiger partial charge is 0.357 e. The van der Waals surface area contributed by atoms with Crippen LogP contribution in [0.25, 0.3) is 0 Å². The standard InChI is InChI=1S/C13H27N3O2/c1-8-9(2)10(11(17)14-5)15-12(18)13(3,4)16(6)7/h9-10H,8H2,1-7H3,(H,14,17)(H,15,18)/t9-,10-/m0/s1. The van der Waals surface area contributed by atoms with Crippen LogP contribution in [0.4, 0.5) is 0 Å². The van der Waals surface area contributed by atoms with Crippen LogP contribution >= 0.6 is 0 Å². The molecular weight excluding hydrogens is 230 g/mol. The maximum Gasteiger partial charge on any atom is 0.242 e. The molecule has 0 aromatic rings. The summed E-state index contributed by atoms with van der Waals surface area (Å²) in [6, 6.07) is -0.480. The molecule has 5 heteroatoms. The second-order valence-electron chi connectivity index (χ2n) is 5.40. The molecule has 0 spiro atoms. The molecule has 0 unspecified atom stereocenters. The average Bonchev–Trinajstić information content (AvgIpc) is 2.33. The summed E-state index contributed by atoms with van der Waals surface area (Å²) in [5.74, 6) is -0.180. The monoisotopic (exact) mass is 257 g/mol. The Morgan fingerprint density at radius 3 is 2.11 bits per heavy atom. The lowest BCUT2D eigenvalue weighted by Gasteiger charge is -2.33. The van der Waals surface area contributed by atoms with Gasteiger partial charge in [-0.15, -0.1) is 0 Å². The first kappa shape index (κ1) is 16.9. The van der Waals surface area contributed by atoms with Gasteiger partial charge in [-0.2, -0.15) is 0 Å². The van der Waals surface area contributed by atoms with Crippen molar-refractivity contribution in [3.8, 4) is 0 Å². The topological polar surface area (TPSA) is 61.4 Å². The van der Waals surface area contributed by atoms with Crippen LogP contribution in [0.5, 0.6) is 0 Å². The Kier molecular flexibility index (Phi) is 6.32. The Labute approximate surface area is 110 Å². The van der Waals surface area contributed by atoms with Gasteiger partial charge in [0.15, 0.2) is 0 Å². The molecule has 0 aliphatic carbocycles. The zero-order chi connectivity index (χ0) is 14.5. The molecule has 2 amide bonds. The molecule has 0 aliphatic rings. The number of hydrogen-bond donors (Lipinski definition) is 2. The maximum absolute atomic E-state index is 12.2. The highest BCUT2D eigenvalue weighted by Gasteiger charge is 2.34. The van der Waals surface area contributed by atoms with E-state index in [0.717, 1.165) is 6.42 Å². The number of likely N-dealkylation sites (N-methyl/N-ethyl adjacent to an activating group) is 2. The molecule has 2 N–H and O–H groups in total. The van der Waals surface area contributed by atoms with Crippen LogP contribution < -0.4 is 10.6 Å². The number of nitrogens with zero attached hydrogens (tertiary/aromatic N) is 1. The van der Waals surface area contributed by atoms with Crippen molar-refractivity contribution in [1.29, 1.82) is 0 Å². The highest BCUT2D eigenvalue weighted by Crippen LogP contribution is 2.13. The highest BCUT2D eigenvalue weighted by molar-refractivity contribution is 5.91. The van der Waals surface area contributed by atoms with Crippen molar-refractivity contribution in [3.63, 3.8) is 0 Å². The number of hydrogen-bond acceptors (Lipinski definition) is 3. The number of amides is 2. The van der Waals surface area contributed by atoms with Gasteiger partial charge < -0.3 is 10.6 Å². The molecule has 0 bridgehead atoms. The first-order valence-corrected chi connectivity index (χ1v) is 6.38. The molecule has 0 fully saturated rings. The molecule has 5 nitrogen and oxygen atoms in total. The maximum atomic E-state index is 12.2. The summed E-state index contributed by atoms with van der Waals surface area (Å²) >= 11 is 0. The summed E-state index contributed by atoms with van der Waals surface area (Å²) in [5.41, 5.74) is -0.639. The van der Waals surface area contributed by atoms with E-state index in [0.29, 0.717) is 0 Å². The van der Waals surface area contributed by atoms with Crippen molar-refractivity contribution in [1.82, 2.24) is 15.5 Å². The van der Waals surface area contributed by atoms with E-state index in [1.54, 1.807) is 7.05 Å². The zero-order valence-corrected chi connectivity index (χ0v) is 12.6. The molecule has 2 atom stereocenters. The van der Waals surface area contributed by atoms with Crippen molar-refractivity contribution in [2.45, 2.75) is 45.7 Å². The van der Waals surface area contributed by atoms with Crippen molar-refractivity contribution in [2.75, 3.05) is 21.1 Å². The molecule has 0 saturated heterocycles. The summed E-state index contributed by atoms with van der Waals surface area (Å²) in [5, 5.41) is 5.45. The molecule has 0 aromatic heterocycles. The molecule has 106 valence electrons. The Morgan fingerprint density at radius 1 is 1.28 bits per heavy atom. The van der Waals surface area contributed by atoms with Crippen molar-refractivity contribution < 1.29 is 9.59 Å². The van der Waals surface area contributed by atoms with Crippen LogP contribution in [0, 0.1) is 5.92 Å². The lowest BCUT2D eigenvalue weighted by atomic mass is 9.96. The van der Waals surface area contributed by atoms with E-state index < -0.39 is 11.6 Å². The van der Waals surface area contributed by atoms with E-state index in [1.807, 2.05) is 46.7 Å². The number of carbonyl (C=O) groups is 2. The predicted molar refractivity (Wildman–Crippen MR) is 73.2 cm³/mol. The van der Waals surface area contributed by atoms with Crippen LogP contribution in [0.2, 0.25) is 0 Å². The van der Waals surface area contributed by atoms with E-state index >= 15 is 0 Å². The van der Waals surface area contributed by atoms with Crippen LogP contribution in [-0.4, -0.2) is 49.4 Å². The fraction of sp³-hybridized carbons (Fsp3) is 0.846. The molecule has 0 aliphatic heterocycles. The summed E-state index contributed by atoms with van der Waals surface area (Å²) < 4.78 is 0. The molecule has 0 radical (unpaired) electrons. The zero-order valence-electron chi connectivity index (χ0n) is 12.6. The van der Waals surface area contributed by atoms with Gasteiger partial charge in [-0.05, 0) is 33.9 Å². The Morgan fingerprint density at radius 2 is 1.78 bits per heavy atom. The second kappa shape index (κ2) is 6.73. The van der Waals surface area contributed by atoms with Crippen molar-refractivity contribution in [2.24, 2.45) is 5.92 Å². The van der Waals surface area contributed by atoms with E-state index in [1.165, 1.54) is 0 Å². The van der Waals surface area contributed by atoms with E-state index in [-0.39, 0.29) is 17.7 Å². The molecule has 0 aromatic carbocycles. The lowest BCUT2D eigenvalue weighted by Crippen LogP contribution is -2.58. The van der Waals surface area contributed by atoms with Gasteiger partial charge in [-0.3, -0.25) is 14.5 Å². The van der Waals surface area contributed by atoms with E-state index in [4.69, 9.17) is 0 Å². The SMILES string of the molecule is CC[C@H](C)[C@H](NC(=O)C(C)(C)N(C)C)C(=O)NC. The highest BCUT2D eigenvalue weighted by atomic mass is 16.2. The Hall–Kier alpha value is -1.10. The summed E-state index contributed by atoms with van der Waals surface area (Å²) in [6.07, 6.45) is 0.834. The Bertz CT molecular complexity index is 301. The van der Waals surface area contributed by atoms with Gasteiger partial charge in [0.1, 0.15) is 6.04 Å². The first-order valence-electron chi connectivity index (χ1n) is 6.38. The molecule has 0 heterocycles. The van der Waals surface area contributed by atoms with Gasteiger partial charge in [-0.25, -0.2) is 0 Å². The van der Waals surface area contributed by atoms with Gasteiger partial charge in [0.2, 0.25) is 11.8 Å². The number of nitrogens with one attached hydrogen (secondary N) is 2. The minimum absolute atomic E-state index is 0.104. The van der Waals surface area contributed by atoms with E-state index in [2.05, 4.69) is 10.6 Å². The van der Waals surface area contributed by atoms with Crippen LogP contribution in [0.1, 0.15) is 34.1 Å². The predicted octanol–water partition coefficient (Wildman–Crippen LogP) is 0.604. The third-order valence-corrected chi connectivity index (χ3v) is 3.70. The van der Waals surface area contributed by atoms with Gasteiger partial charge in [-0.1, -0.05) is 20.3 Å². The smallest absolute Gasteiger partial charge is 0.242 e. The van der Waals surface area contributed by atoms with E-state index in [9.17, 15) is 9.59 Å². The fourth-order valence-corrected chi connectivity index (χ4v) is 1.38. The number of rotatable bonds is 6. The van der Waals surface area contributed by atoms with Gasteiger partial charge in [0.05, 0.1) is 5.54 Å². The Balaban J connectivity index is 4.90. The third-order valence-electron chi connectivity index (χ3n) is 3.70. The molecule has 0 saturated carbocycles. The van der Waals surface area contributed by atoms with Crippen molar-refractivity contribution in [3.05, 3.63) is 0 Å². The van der Waals surface area contributed by atoms with Crippen LogP contribution in [0.15, 0.2) is 0 Å².